The lowest BCUT2D eigenvalue weighted by Crippen LogP contribution is -2.39. The second-order valence-corrected chi connectivity index (χ2v) is 10.2. The van der Waals surface area contributed by atoms with Crippen LogP contribution in [0.5, 0.6) is 0 Å². The van der Waals surface area contributed by atoms with E-state index in [4.69, 9.17) is 0 Å². The minimum absolute atomic E-state index is 0.0266. The van der Waals surface area contributed by atoms with Crippen molar-refractivity contribution >= 4 is 27.7 Å². The van der Waals surface area contributed by atoms with Crippen molar-refractivity contribution in [2.24, 2.45) is 13.0 Å². The fraction of sp³-hybridized carbons (Fsp3) is 0.379. The van der Waals surface area contributed by atoms with Crippen molar-refractivity contribution in [3.8, 4) is 0 Å². The summed E-state index contributed by atoms with van der Waals surface area (Å²) in [6.07, 6.45) is 6.28. The first-order valence-corrected chi connectivity index (χ1v) is 12.4. The van der Waals surface area contributed by atoms with Crippen molar-refractivity contribution in [1.29, 1.82) is 0 Å². The predicted molar refractivity (Wildman–Crippen MR) is 138 cm³/mol. The molecule has 0 aliphatic heterocycles. The van der Waals surface area contributed by atoms with Gasteiger partial charge in [-0.15, -0.1) is 0 Å². The molecular weight excluding hydrogens is 422 g/mol. The summed E-state index contributed by atoms with van der Waals surface area (Å²) in [5, 5.41) is 4.98. The first-order chi connectivity index (χ1) is 16.4. The average molecular weight is 456 g/mol. The Morgan fingerprint density at radius 3 is 2.41 bits per heavy atom. The number of hydrogen-bond acceptors (Lipinski definition) is 2. The summed E-state index contributed by atoms with van der Waals surface area (Å²) in [5.41, 5.74) is 3.36. The van der Waals surface area contributed by atoms with Gasteiger partial charge in [0.15, 0.2) is 0 Å². The predicted octanol–water partition coefficient (Wildman–Crippen LogP) is 5.39. The van der Waals surface area contributed by atoms with Gasteiger partial charge in [0.25, 0.3) is 11.5 Å². The van der Waals surface area contributed by atoms with Gasteiger partial charge in [0.2, 0.25) is 0 Å². The van der Waals surface area contributed by atoms with Gasteiger partial charge in [-0.25, -0.2) is 0 Å². The Labute approximate surface area is 200 Å². The van der Waals surface area contributed by atoms with Crippen LogP contribution in [0.3, 0.4) is 0 Å². The fourth-order valence-electron chi connectivity index (χ4n) is 5.79. The number of carbonyl (C=O) groups excluding carboxylic acids is 1. The third-order valence-electron chi connectivity index (χ3n) is 7.47. The first kappa shape index (κ1) is 22.5. The Hall–Kier alpha value is -3.34. The summed E-state index contributed by atoms with van der Waals surface area (Å²) in [7, 11) is 1.91. The number of benzene rings is 2. The van der Waals surface area contributed by atoms with E-state index in [1.807, 2.05) is 41.9 Å². The molecule has 1 aliphatic rings. The summed E-state index contributed by atoms with van der Waals surface area (Å²) in [6, 6.07) is 18.5. The molecule has 1 saturated carbocycles. The van der Waals surface area contributed by atoms with Crippen LogP contribution in [0.2, 0.25) is 0 Å². The van der Waals surface area contributed by atoms with Crippen LogP contribution < -0.4 is 10.9 Å². The van der Waals surface area contributed by atoms with Crippen LogP contribution in [-0.2, 0) is 19.0 Å². The van der Waals surface area contributed by atoms with Crippen molar-refractivity contribution in [2.75, 3.05) is 6.54 Å². The number of amides is 1. The lowest BCUT2D eigenvalue weighted by atomic mass is 9.79. The molecule has 2 heterocycles. The Bertz CT molecular complexity index is 1410. The topological polar surface area (TPSA) is 56.0 Å². The molecule has 0 radical (unpaired) electrons. The van der Waals surface area contributed by atoms with Crippen molar-refractivity contribution in [3.63, 3.8) is 0 Å². The molecule has 5 nitrogen and oxygen atoms in total. The van der Waals surface area contributed by atoms with Crippen LogP contribution in [0.15, 0.2) is 65.6 Å². The van der Waals surface area contributed by atoms with E-state index in [9.17, 15) is 9.59 Å². The molecule has 5 heteroatoms. The minimum Gasteiger partial charge on any atom is -0.351 e. The number of rotatable bonds is 6. The highest BCUT2D eigenvalue weighted by atomic mass is 16.2. The van der Waals surface area contributed by atoms with Gasteiger partial charge in [-0.05, 0) is 30.4 Å². The molecule has 4 aromatic rings. The molecule has 0 saturated heterocycles. The third kappa shape index (κ3) is 3.73. The number of carbonyl (C=O) groups is 1. The molecule has 1 aliphatic carbocycles. The van der Waals surface area contributed by atoms with Gasteiger partial charge in [0.05, 0.1) is 5.56 Å². The van der Waals surface area contributed by atoms with Crippen molar-refractivity contribution in [3.05, 3.63) is 82.3 Å². The van der Waals surface area contributed by atoms with E-state index in [2.05, 4.69) is 43.4 Å². The summed E-state index contributed by atoms with van der Waals surface area (Å²) in [4.78, 5) is 27.2. The number of aryl methyl sites for hydroxylation is 1. The molecular formula is C29H33N3O2. The van der Waals surface area contributed by atoms with Crippen LogP contribution in [0.4, 0.5) is 0 Å². The highest BCUT2D eigenvalue weighted by Gasteiger charge is 2.36. The number of hydrogen-bond donors (Lipinski definition) is 1. The molecule has 0 atom stereocenters. The van der Waals surface area contributed by atoms with Crippen LogP contribution in [0, 0.1) is 5.92 Å². The number of nitrogens with one attached hydrogen (secondary N) is 1. The van der Waals surface area contributed by atoms with Crippen molar-refractivity contribution in [1.82, 2.24) is 14.5 Å². The van der Waals surface area contributed by atoms with Crippen molar-refractivity contribution in [2.45, 2.75) is 51.5 Å². The van der Waals surface area contributed by atoms with Gasteiger partial charge in [0.1, 0.15) is 5.52 Å². The normalized spacial score (nSPS) is 15.4. The SMILES string of the molecule is CC(C)Cn1cc(C(=O)NCC2(c3ccccc3)CCCC2)c2c3ccccc3n(C)c2c1=O. The summed E-state index contributed by atoms with van der Waals surface area (Å²) >= 11 is 0. The number of nitrogens with zero attached hydrogens (tertiary/aromatic N) is 2. The molecule has 1 amide bonds. The van der Waals surface area contributed by atoms with E-state index < -0.39 is 0 Å². The van der Waals surface area contributed by atoms with Crippen LogP contribution in [0.25, 0.3) is 21.8 Å². The van der Waals surface area contributed by atoms with Gasteiger partial charge in [0, 0.05) is 48.0 Å². The molecule has 0 bridgehead atoms. The smallest absolute Gasteiger partial charge is 0.275 e. The van der Waals surface area contributed by atoms with E-state index in [1.165, 1.54) is 18.4 Å². The van der Waals surface area contributed by atoms with Crippen LogP contribution in [-0.4, -0.2) is 21.6 Å². The van der Waals surface area contributed by atoms with E-state index in [0.717, 1.165) is 29.1 Å². The van der Waals surface area contributed by atoms with Gasteiger partial charge >= 0.3 is 0 Å². The highest BCUT2D eigenvalue weighted by molar-refractivity contribution is 6.17. The molecule has 2 aromatic heterocycles. The first-order valence-electron chi connectivity index (χ1n) is 12.4. The molecule has 0 spiro atoms. The molecule has 34 heavy (non-hydrogen) atoms. The zero-order valence-corrected chi connectivity index (χ0v) is 20.3. The molecule has 176 valence electrons. The largest absolute Gasteiger partial charge is 0.351 e. The monoisotopic (exact) mass is 455 g/mol. The summed E-state index contributed by atoms with van der Waals surface area (Å²) in [6.45, 7) is 5.35. The number of pyridine rings is 1. The van der Waals surface area contributed by atoms with Gasteiger partial charge in [-0.1, -0.05) is 75.2 Å². The quantitative estimate of drug-likeness (QED) is 0.424. The summed E-state index contributed by atoms with van der Waals surface area (Å²) < 4.78 is 3.65. The van der Waals surface area contributed by atoms with Gasteiger partial charge in [-0.3, -0.25) is 9.59 Å². The van der Waals surface area contributed by atoms with Gasteiger partial charge in [-0.2, -0.15) is 0 Å². The van der Waals surface area contributed by atoms with E-state index in [0.29, 0.717) is 30.1 Å². The molecule has 1 N–H and O–H groups in total. The number of fused-ring (bicyclic) bond motifs is 3. The fourth-order valence-corrected chi connectivity index (χ4v) is 5.79. The zero-order chi connectivity index (χ0) is 23.9. The van der Waals surface area contributed by atoms with Crippen LogP contribution in [0.1, 0.15) is 55.5 Å². The highest BCUT2D eigenvalue weighted by Crippen LogP contribution is 2.40. The van der Waals surface area contributed by atoms with E-state index in [-0.39, 0.29) is 16.9 Å². The number of aromatic nitrogens is 2. The van der Waals surface area contributed by atoms with E-state index in [1.54, 1.807) is 10.8 Å². The maximum atomic E-state index is 13.8. The molecule has 0 unspecified atom stereocenters. The average Bonchev–Trinajstić information content (AvgIpc) is 3.44. The maximum absolute atomic E-state index is 13.8. The Morgan fingerprint density at radius 1 is 1.03 bits per heavy atom. The number of para-hydroxylation sites is 1. The Balaban J connectivity index is 1.60. The molecule has 5 rings (SSSR count). The standard InChI is InChI=1S/C29H33N3O2/c1-20(2)17-32-18-23(25-22-13-7-8-14-24(22)31(3)26(25)28(32)34)27(33)30-19-29(15-9-10-16-29)21-11-5-4-6-12-21/h4-8,11-14,18,20H,9-10,15-17,19H2,1-3H3,(H,30,33). The Kier molecular flexibility index (Phi) is 5.80. The second-order valence-electron chi connectivity index (χ2n) is 10.2. The second kappa shape index (κ2) is 8.79. The lowest BCUT2D eigenvalue weighted by molar-refractivity contribution is 0.0944. The Morgan fingerprint density at radius 2 is 1.71 bits per heavy atom. The van der Waals surface area contributed by atoms with E-state index >= 15 is 0 Å². The third-order valence-corrected chi connectivity index (χ3v) is 7.47. The summed E-state index contributed by atoms with van der Waals surface area (Å²) in [5.74, 6) is 0.182. The molecule has 1 fully saturated rings. The zero-order valence-electron chi connectivity index (χ0n) is 20.3. The van der Waals surface area contributed by atoms with Crippen molar-refractivity contribution < 1.29 is 4.79 Å². The molecule has 2 aromatic carbocycles. The van der Waals surface area contributed by atoms with Gasteiger partial charge < -0.3 is 14.5 Å². The maximum Gasteiger partial charge on any atom is 0.275 e. The lowest BCUT2D eigenvalue weighted by Gasteiger charge is -2.30. The van der Waals surface area contributed by atoms with Crippen LogP contribution >= 0.6 is 0 Å². The minimum atomic E-state index is -0.110.